The molecule has 2 heterocycles. The van der Waals surface area contributed by atoms with Crippen molar-refractivity contribution < 1.29 is 9.53 Å². The highest BCUT2D eigenvalue weighted by molar-refractivity contribution is 6.42. The number of carbonyl (C=O) groups is 1. The van der Waals surface area contributed by atoms with Crippen LogP contribution in [0.4, 0.5) is 0 Å². The Morgan fingerprint density at radius 3 is 2.62 bits per heavy atom. The number of Topliss-reactive ketones (excluding diaryl/α,β-unsaturated/α-hetero) is 1. The number of allylic oxidation sites excluding steroid dienone is 3. The summed E-state index contributed by atoms with van der Waals surface area (Å²) in [5, 5.41) is 10.7. The fourth-order valence-electron chi connectivity index (χ4n) is 3.50. The zero-order valence-electron chi connectivity index (χ0n) is 13.7. The molecule has 4 nitrogen and oxygen atoms in total. The maximum absolute atomic E-state index is 12.7. The van der Waals surface area contributed by atoms with Gasteiger partial charge in [0.15, 0.2) is 5.78 Å². The molecule has 6 heteroatoms. The van der Waals surface area contributed by atoms with Crippen LogP contribution in [0.25, 0.3) is 5.88 Å². The molecule has 1 atom stereocenters. The van der Waals surface area contributed by atoms with E-state index in [1.807, 2.05) is 24.5 Å². The Bertz CT molecular complexity index is 997. The zero-order chi connectivity index (χ0) is 18.3. The van der Waals surface area contributed by atoms with Gasteiger partial charge in [-0.15, -0.1) is 0 Å². The minimum absolute atomic E-state index is 0.0154. The topological polar surface area (TPSA) is 55.0 Å². The van der Waals surface area contributed by atoms with Gasteiger partial charge in [0.1, 0.15) is 17.4 Å². The number of hydrogen-bond donors (Lipinski definition) is 0. The van der Waals surface area contributed by atoms with Gasteiger partial charge >= 0.3 is 0 Å². The van der Waals surface area contributed by atoms with Gasteiger partial charge in [-0.25, -0.2) is 0 Å². The highest BCUT2D eigenvalue weighted by atomic mass is 35.5. The molecule has 1 aromatic carbocycles. The number of hydrogen-bond acceptors (Lipinski definition) is 3. The van der Waals surface area contributed by atoms with Crippen LogP contribution < -0.4 is 0 Å². The van der Waals surface area contributed by atoms with Crippen molar-refractivity contribution in [2.24, 2.45) is 0 Å². The molecule has 0 radical (unpaired) electrons. The van der Waals surface area contributed by atoms with Gasteiger partial charge < -0.3 is 4.74 Å². The van der Waals surface area contributed by atoms with Crippen molar-refractivity contribution in [2.45, 2.75) is 25.2 Å². The molecule has 1 aliphatic carbocycles. The van der Waals surface area contributed by atoms with Crippen molar-refractivity contribution in [2.75, 3.05) is 0 Å². The number of rotatable bonds is 2. The molecular weight excluding hydrogens is 371 g/mol. The summed E-state index contributed by atoms with van der Waals surface area (Å²) < 4.78 is 7.79. The van der Waals surface area contributed by atoms with Crippen molar-refractivity contribution in [1.82, 2.24) is 4.57 Å². The van der Waals surface area contributed by atoms with Crippen LogP contribution in [0.1, 0.15) is 30.7 Å². The van der Waals surface area contributed by atoms with E-state index in [1.165, 1.54) is 0 Å². The highest BCUT2D eigenvalue weighted by Crippen LogP contribution is 2.46. The van der Waals surface area contributed by atoms with Gasteiger partial charge in [0.05, 0.1) is 16.0 Å². The lowest BCUT2D eigenvalue weighted by molar-refractivity contribution is -0.116. The van der Waals surface area contributed by atoms with Crippen molar-refractivity contribution in [3.63, 3.8) is 0 Å². The van der Waals surface area contributed by atoms with Gasteiger partial charge in [-0.2, -0.15) is 5.26 Å². The maximum atomic E-state index is 12.7. The van der Waals surface area contributed by atoms with E-state index >= 15 is 0 Å². The molecule has 0 amide bonds. The number of ketones is 1. The minimum Gasteiger partial charge on any atom is -0.443 e. The molecule has 0 fully saturated rings. The van der Waals surface area contributed by atoms with Gasteiger partial charge in [-0.3, -0.25) is 9.36 Å². The fraction of sp³-hybridized carbons (Fsp3) is 0.200. The Balaban J connectivity index is 1.96. The highest BCUT2D eigenvalue weighted by Gasteiger charge is 2.39. The van der Waals surface area contributed by atoms with Crippen LogP contribution >= 0.6 is 23.2 Å². The van der Waals surface area contributed by atoms with E-state index in [2.05, 4.69) is 6.07 Å². The molecule has 130 valence electrons. The van der Waals surface area contributed by atoms with Gasteiger partial charge in [0.2, 0.25) is 5.88 Å². The molecule has 26 heavy (non-hydrogen) atoms. The molecular formula is C20H14Cl2N2O2. The Kier molecular flexibility index (Phi) is 4.36. The first kappa shape index (κ1) is 17.0. The molecule has 0 saturated carbocycles. The van der Waals surface area contributed by atoms with E-state index < -0.39 is 5.92 Å². The molecule has 2 aliphatic rings. The van der Waals surface area contributed by atoms with Crippen molar-refractivity contribution in [3.05, 3.63) is 75.2 Å². The second-order valence-electron chi connectivity index (χ2n) is 6.24. The first-order valence-electron chi connectivity index (χ1n) is 8.27. The predicted octanol–water partition coefficient (Wildman–Crippen LogP) is 5.31. The van der Waals surface area contributed by atoms with Crippen LogP contribution in [0.2, 0.25) is 10.0 Å². The van der Waals surface area contributed by atoms with E-state index in [9.17, 15) is 10.1 Å². The summed E-state index contributed by atoms with van der Waals surface area (Å²) >= 11 is 12.3. The molecule has 0 N–H and O–H groups in total. The summed E-state index contributed by atoms with van der Waals surface area (Å²) in [4.78, 5) is 12.7. The SMILES string of the molecule is N#CC1=C(n2cccc2)OC2=C(C(=O)CCC2)[C@@H]1c1ccc(Cl)c(Cl)c1. The predicted molar refractivity (Wildman–Crippen MR) is 99.4 cm³/mol. The quantitative estimate of drug-likeness (QED) is 0.704. The molecule has 0 spiro atoms. The van der Waals surface area contributed by atoms with E-state index in [0.717, 1.165) is 12.0 Å². The van der Waals surface area contributed by atoms with Gasteiger partial charge in [-0.1, -0.05) is 29.3 Å². The standard InChI is InChI=1S/C20H14Cl2N2O2/c21-14-7-6-12(10-15(14)22)18-13(11-23)20(24-8-1-2-9-24)26-17-5-3-4-16(25)19(17)18/h1-2,6-10,18H,3-5H2/t18-/m1/s1. The van der Waals surface area contributed by atoms with E-state index in [0.29, 0.717) is 45.7 Å². The Morgan fingerprint density at radius 1 is 1.15 bits per heavy atom. The second kappa shape index (κ2) is 6.68. The summed E-state index contributed by atoms with van der Waals surface area (Å²) in [5.41, 5.74) is 1.70. The smallest absolute Gasteiger partial charge is 0.218 e. The van der Waals surface area contributed by atoms with Crippen LogP contribution in [0.15, 0.2) is 59.6 Å². The lowest BCUT2D eigenvalue weighted by Crippen LogP contribution is -2.26. The molecule has 1 aromatic heterocycles. The van der Waals surface area contributed by atoms with Gasteiger partial charge in [0.25, 0.3) is 0 Å². The summed E-state index contributed by atoms with van der Waals surface area (Å²) in [6.45, 7) is 0. The molecule has 2 aromatic rings. The largest absolute Gasteiger partial charge is 0.443 e. The summed E-state index contributed by atoms with van der Waals surface area (Å²) in [5.74, 6) is 0.576. The third-order valence-electron chi connectivity index (χ3n) is 4.67. The second-order valence-corrected chi connectivity index (χ2v) is 7.06. The number of carbonyl (C=O) groups excluding carboxylic acids is 1. The molecule has 1 aliphatic heterocycles. The number of ether oxygens (including phenoxy) is 1. The van der Waals surface area contributed by atoms with Crippen LogP contribution in [-0.4, -0.2) is 10.4 Å². The van der Waals surface area contributed by atoms with Crippen LogP contribution in [0, 0.1) is 11.3 Å². The normalized spacial score (nSPS) is 19.9. The zero-order valence-corrected chi connectivity index (χ0v) is 15.2. The summed E-state index contributed by atoms with van der Waals surface area (Å²) in [6, 6.07) is 11.2. The lowest BCUT2D eigenvalue weighted by atomic mass is 9.77. The maximum Gasteiger partial charge on any atom is 0.218 e. The first-order chi connectivity index (χ1) is 12.6. The summed E-state index contributed by atoms with van der Waals surface area (Å²) in [6.07, 6.45) is 5.50. The Hall–Kier alpha value is -2.48. The number of nitriles is 1. The summed E-state index contributed by atoms with van der Waals surface area (Å²) in [7, 11) is 0. The third kappa shape index (κ3) is 2.74. The average Bonchev–Trinajstić information content (AvgIpc) is 3.17. The van der Waals surface area contributed by atoms with Crippen molar-refractivity contribution in [1.29, 1.82) is 5.26 Å². The monoisotopic (exact) mass is 384 g/mol. The lowest BCUT2D eigenvalue weighted by Gasteiger charge is -2.32. The van der Waals surface area contributed by atoms with E-state index in [1.54, 1.807) is 22.8 Å². The number of benzene rings is 1. The molecule has 0 bridgehead atoms. The number of halogens is 2. The fourth-order valence-corrected chi connectivity index (χ4v) is 3.81. The molecule has 0 unspecified atom stereocenters. The number of aromatic nitrogens is 1. The first-order valence-corrected chi connectivity index (χ1v) is 9.02. The van der Waals surface area contributed by atoms with Gasteiger partial charge in [0, 0.05) is 30.8 Å². The molecule has 0 saturated heterocycles. The van der Waals surface area contributed by atoms with Crippen LogP contribution in [0.5, 0.6) is 0 Å². The van der Waals surface area contributed by atoms with E-state index in [-0.39, 0.29) is 5.78 Å². The minimum atomic E-state index is -0.510. The van der Waals surface area contributed by atoms with E-state index in [4.69, 9.17) is 27.9 Å². The van der Waals surface area contributed by atoms with Crippen molar-refractivity contribution in [3.8, 4) is 6.07 Å². The average molecular weight is 385 g/mol. The number of nitrogens with zero attached hydrogens (tertiary/aromatic N) is 2. The Morgan fingerprint density at radius 2 is 1.92 bits per heavy atom. The third-order valence-corrected chi connectivity index (χ3v) is 5.41. The van der Waals surface area contributed by atoms with Crippen LogP contribution in [-0.2, 0) is 9.53 Å². The Labute approximate surface area is 160 Å². The van der Waals surface area contributed by atoms with Crippen LogP contribution in [0.3, 0.4) is 0 Å². The molecule has 4 rings (SSSR count). The van der Waals surface area contributed by atoms with Gasteiger partial charge in [-0.05, 0) is 36.2 Å². The van der Waals surface area contributed by atoms with Crippen molar-refractivity contribution >= 4 is 34.9 Å².